The van der Waals surface area contributed by atoms with Gasteiger partial charge in [-0.15, -0.1) is 0 Å². The molecule has 2 heterocycles. The van der Waals surface area contributed by atoms with E-state index in [2.05, 4.69) is 10.3 Å². The lowest BCUT2D eigenvalue weighted by Gasteiger charge is -2.17. The van der Waals surface area contributed by atoms with Crippen molar-refractivity contribution in [2.24, 2.45) is 0 Å². The Bertz CT molecular complexity index is 925. The number of aromatic nitrogens is 2. The van der Waals surface area contributed by atoms with Gasteiger partial charge in [0, 0.05) is 11.8 Å². The first-order valence-electron chi connectivity index (χ1n) is 9.43. The van der Waals surface area contributed by atoms with Crippen LogP contribution in [0.4, 0.5) is 0 Å². The number of ether oxygens (including phenoxy) is 3. The van der Waals surface area contributed by atoms with E-state index in [9.17, 15) is 4.79 Å². The Kier molecular flexibility index (Phi) is 6.37. The van der Waals surface area contributed by atoms with Crippen molar-refractivity contribution in [1.82, 2.24) is 14.7 Å². The second kappa shape index (κ2) is 9.12. The van der Waals surface area contributed by atoms with Gasteiger partial charge in [-0.2, -0.15) is 0 Å². The minimum atomic E-state index is -0.238. The van der Waals surface area contributed by atoms with Gasteiger partial charge in [-0.25, -0.2) is 4.98 Å². The molecule has 2 aromatic heterocycles. The Hall–Kier alpha value is -3.22. The lowest BCUT2D eigenvalue weighted by Crippen LogP contribution is -2.24. The second-order valence-electron chi connectivity index (χ2n) is 5.95. The van der Waals surface area contributed by atoms with Gasteiger partial charge in [-0.1, -0.05) is 6.07 Å². The Balaban J connectivity index is 1.83. The molecule has 0 saturated heterocycles. The zero-order valence-electron chi connectivity index (χ0n) is 16.4. The number of hydrogen-bond donors (Lipinski definition) is 1. The van der Waals surface area contributed by atoms with Crippen molar-refractivity contribution in [3.63, 3.8) is 0 Å². The molecule has 148 valence electrons. The molecule has 0 fully saturated rings. The Morgan fingerprint density at radius 1 is 1.04 bits per heavy atom. The van der Waals surface area contributed by atoms with Crippen LogP contribution < -0.4 is 19.5 Å². The van der Waals surface area contributed by atoms with Gasteiger partial charge in [-0.3, -0.25) is 4.79 Å². The molecule has 1 amide bonds. The summed E-state index contributed by atoms with van der Waals surface area (Å²) in [7, 11) is 0. The van der Waals surface area contributed by atoms with Crippen molar-refractivity contribution in [2.45, 2.75) is 27.3 Å². The largest absolute Gasteiger partial charge is 0.490 e. The summed E-state index contributed by atoms with van der Waals surface area (Å²) in [6, 6.07) is 9.19. The molecule has 3 rings (SSSR count). The number of carbonyl (C=O) groups excluding carboxylic acids is 1. The predicted molar refractivity (Wildman–Crippen MR) is 106 cm³/mol. The van der Waals surface area contributed by atoms with Gasteiger partial charge in [0.1, 0.15) is 5.82 Å². The molecule has 0 aliphatic heterocycles. The number of pyridine rings is 1. The van der Waals surface area contributed by atoms with Crippen molar-refractivity contribution in [3.05, 3.63) is 54.1 Å². The number of rotatable bonds is 9. The normalized spacial score (nSPS) is 10.7. The minimum Gasteiger partial charge on any atom is -0.490 e. The molecule has 28 heavy (non-hydrogen) atoms. The van der Waals surface area contributed by atoms with E-state index in [1.54, 1.807) is 18.3 Å². The molecule has 0 aliphatic carbocycles. The molecule has 0 spiro atoms. The van der Waals surface area contributed by atoms with Crippen LogP contribution in [-0.4, -0.2) is 35.1 Å². The van der Waals surface area contributed by atoms with Crippen LogP contribution in [0.25, 0.3) is 5.52 Å². The first-order valence-corrected chi connectivity index (χ1v) is 9.43. The Morgan fingerprint density at radius 3 is 2.36 bits per heavy atom. The molecule has 0 atom stereocenters. The molecule has 0 aliphatic rings. The summed E-state index contributed by atoms with van der Waals surface area (Å²) in [6.45, 7) is 7.34. The summed E-state index contributed by atoms with van der Waals surface area (Å²) in [5, 5.41) is 2.91. The van der Waals surface area contributed by atoms with Crippen molar-refractivity contribution in [1.29, 1.82) is 0 Å². The molecule has 0 radical (unpaired) electrons. The first kappa shape index (κ1) is 19.5. The van der Waals surface area contributed by atoms with Crippen molar-refractivity contribution >= 4 is 11.4 Å². The Labute approximate surface area is 164 Å². The number of nitrogens with zero attached hydrogens (tertiary/aromatic N) is 2. The third-order valence-electron chi connectivity index (χ3n) is 4.09. The maximum Gasteiger partial charge on any atom is 0.251 e. The number of nitrogens with one attached hydrogen (secondary N) is 1. The van der Waals surface area contributed by atoms with Crippen LogP contribution >= 0.6 is 0 Å². The number of benzene rings is 1. The molecule has 7 nitrogen and oxygen atoms in total. The van der Waals surface area contributed by atoms with E-state index in [4.69, 9.17) is 14.2 Å². The topological polar surface area (TPSA) is 74.1 Å². The van der Waals surface area contributed by atoms with Crippen LogP contribution in [0.2, 0.25) is 0 Å². The third kappa shape index (κ3) is 4.19. The van der Waals surface area contributed by atoms with E-state index in [-0.39, 0.29) is 5.91 Å². The second-order valence-corrected chi connectivity index (χ2v) is 5.95. The van der Waals surface area contributed by atoms with Crippen LogP contribution in [0.15, 0.2) is 42.7 Å². The number of hydrogen-bond acceptors (Lipinski definition) is 5. The summed E-state index contributed by atoms with van der Waals surface area (Å²) in [4.78, 5) is 17.1. The molecule has 1 aromatic carbocycles. The van der Waals surface area contributed by atoms with E-state index in [1.807, 2.05) is 49.6 Å². The highest BCUT2D eigenvalue weighted by Crippen LogP contribution is 2.39. The van der Waals surface area contributed by atoms with Gasteiger partial charge in [0.15, 0.2) is 11.5 Å². The van der Waals surface area contributed by atoms with Crippen LogP contribution in [0.5, 0.6) is 17.2 Å². The van der Waals surface area contributed by atoms with E-state index in [1.165, 1.54) is 0 Å². The molecule has 0 saturated carbocycles. The summed E-state index contributed by atoms with van der Waals surface area (Å²) < 4.78 is 19.0. The first-order chi connectivity index (χ1) is 13.7. The quantitative estimate of drug-likeness (QED) is 0.613. The average Bonchev–Trinajstić information content (AvgIpc) is 3.12. The molecule has 7 heteroatoms. The number of carbonyl (C=O) groups is 1. The molecule has 0 bridgehead atoms. The molecule has 3 aromatic rings. The molecular weight excluding hydrogens is 358 g/mol. The predicted octanol–water partition coefficient (Wildman–Crippen LogP) is 3.46. The van der Waals surface area contributed by atoms with Gasteiger partial charge < -0.3 is 23.9 Å². The fraction of sp³-hybridized carbons (Fsp3) is 0.333. The minimum absolute atomic E-state index is 0.238. The van der Waals surface area contributed by atoms with Gasteiger partial charge in [-0.05, 0) is 45.0 Å². The highest BCUT2D eigenvalue weighted by molar-refractivity contribution is 5.95. The van der Waals surface area contributed by atoms with Crippen molar-refractivity contribution in [2.75, 3.05) is 19.8 Å². The van der Waals surface area contributed by atoms with Crippen molar-refractivity contribution in [3.8, 4) is 17.2 Å². The summed E-state index contributed by atoms with van der Waals surface area (Å²) in [5.74, 6) is 2.02. The maximum absolute atomic E-state index is 12.8. The van der Waals surface area contributed by atoms with Gasteiger partial charge in [0.2, 0.25) is 5.75 Å². The number of imidazole rings is 1. The fourth-order valence-corrected chi connectivity index (χ4v) is 2.91. The van der Waals surface area contributed by atoms with Gasteiger partial charge in [0.05, 0.1) is 38.1 Å². The van der Waals surface area contributed by atoms with E-state index in [0.29, 0.717) is 49.2 Å². The van der Waals surface area contributed by atoms with Gasteiger partial charge >= 0.3 is 0 Å². The SMILES string of the molecule is CCOc1cc(C(=O)NCc2ncc3ccccn23)cc(OCC)c1OCC. The zero-order chi connectivity index (χ0) is 19.9. The van der Waals surface area contributed by atoms with E-state index < -0.39 is 0 Å². The van der Waals surface area contributed by atoms with Crippen LogP contribution in [-0.2, 0) is 6.54 Å². The number of amides is 1. The third-order valence-corrected chi connectivity index (χ3v) is 4.09. The smallest absolute Gasteiger partial charge is 0.251 e. The van der Waals surface area contributed by atoms with Crippen LogP contribution in [0.1, 0.15) is 37.0 Å². The highest BCUT2D eigenvalue weighted by atomic mass is 16.5. The monoisotopic (exact) mass is 383 g/mol. The Morgan fingerprint density at radius 2 is 1.71 bits per heavy atom. The summed E-state index contributed by atoms with van der Waals surface area (Å²) in [5.41, 5.74) is 1.42. The molecular formula is C21H25N3O4. The lowest BCUT2D eigenvalue weighted by molar-refractivity contribution is 0.0948. The lowest BCUT2D eigenvalue weighted by atomic mass is 10.1. The fourth-order valence-electron chi connectivity index (χ4n) is 2.91. The van der Waals surface area contributed by atoms with Gasteiger partial charge in [0.25, 0.3) is 5.91 Å². The van der Waals surface area contributed by atoms with E-state index in [0.717, 1.165) is 11.3 Å². The van der Waals surface area contributed by atoms with Crippen LogP contribution in [0, 0.1) is 0 Å². The zero-order valence-corrected chi connectivity index (χ0v) is 16.4. The summed E-state index contributed by atoms with van der Waals surface area (Å²) >= 11 is 0. The van der Waals surface area contributed by atoms with E-state index >= 15 is 0 Å². The van der Waals surface area contributed by atoms with Crippen molar-refractivity contribution < 1.29 is 19.0 Å². The standard InChI is InChI=1S/C21H25N3O4/c1-4-26-17-11-15(12-18(27-5-2)20(17)28-6-3)21(25)23-14-19-22-13-16-9-7-8-10-24(16)19/h7-13H,4-6,14H2,1-3H3,(H,23,25). The average molecular weight is 383 g/mol. The molecule has 0 unspecified atom stereocenters. The highest BCUT2D eigenvalue weighted by Gasteiger charge is 2.18. The van der Waals surface area contributed by atoms with Crippen LogP contribution in [0.3, 0.4) is 0 Å². The maximum atomic E-state index is 12.8. The number of fused-ring (bicyclic) bond motifs is 1. The summed E-state index contributed by atoms with van der Waals surface area (Å²) in [6.07, 6.45) is 3.69. The molecule has 1 N–H and O–H groups in total.